The van der Waals surface area contributed by atoms with E-state index in [0.29, 0.717) is 5.92 Å². The first-order valence-electron chi connectivity index (χ1n) is 5.05. The molecule has 0 aliphatic heterocycles. The standard InChI is InChI=1S/C9H19NO2S/c1-3-4-7-13(11,12)10-8(2)9-5-6-9/h8-10H,3-7H2,1-2H3/t8-/m1/s1. The van der Waals surface area contributed by atoms with Crippen LogP contribution in [0.3, 0.4) is 0 Å². The molecule has 1 aliphatic rings. The van der Waals surface area contributed by atoms with Crippen molar-refractivity contribution in [2.45, 2.75) is 45.6 Å². The Morgan fingerprint density at radius 1 is 1.46 bits per heavy atom. The minimum Gasteiger partial charge on any atom is -0.212 e. The Balaban J connectivity index is 2.31. The molecule has 1 aliphatic carbocycles. The van der Waals surface area contributed by atoms with Gasteiger partial charge in [0.1, 0.15) is 0 Å². The number of unbranched alkanes of at least 4 members (excludes halogenated alkanes) is 1. The van der Waals surface area contributed by atoms with Gasteiger partial charge in [-0.15, -0.1) is 0 Å². The van der Waals surface area contributed by atoms with Crippen LogP contribution < -0.4 is 4.72 Å². The SMILES string of the molecule is CCCCS(=O)(=O)N[C@H](C)C1CC1. The van der Waals surface area contributed by atoms with Crippen LogP contribution in [0.1, 0.15) is 39.5 Å². The van der Waals surface area contributed by atoms with Crippen molar-refractivity contribution in [1.29, 1.82) is 0 Å². The Labute approximate surface area is 81.0 Å². The van der Waals surface area contributed by atoms with Gasteiger partial charge in [-0.05, 0) is 32.1 Å². The van der Waals surface area contributed by atoms with Crippen LogP contribution in [0.25, 0.3) is 0 Å². The zero-order valence-electron chi connectivity index (χ0n) is 8.41. The van der Waals surface area contributed by atoms with Crippen molar-refractivity contribution in [2.24, 2.45) is 5.92 Å². The monoisotopic (exact) mass is 205 g/mol. The fourth-order valence-electron chi connectivity index (χ4n) is 1.37. The van der Waals surface area contributed by atoms with Gasteiger partial charge in [0.2, 0.25) is 10.0 Å². The second kappa shape index (κ2) is 4.42. The number of hydrogen-bond donors (Lipinski definition) is 1. The van der Waals surface area contributed by atoms with Gasteiger partial charge in [-0.25, -0.2) is 13.1 Å². The molecular formula is C9H19NO2S. The molecule has 4 heteroatoms. The van der Waals surface area contributed by atoms with Gasteiger partial charge in [-0.3, -0.25) is 0 Å². The Hall–Kier alpha value is -0.0900. The summed E-state index contributed by atoms with van der Waals surface area (Å²) in [6.07, 6.45) is 4.04. The third-order valence-electron chi connectivity index (χ3n) is 2.46. The molecule has 0 spiro atoms. The molecule has 0 aromatic rings. The lowest BCUT2D eigenvalue weighted by molar-refractivity contribution is 0.536. The van der Waals surface area contributed by atoms with Gasteiger partial charge in [0.15, 0.2) is 0 Å². The average molecular weight is 205 g/mol. The van der Waals surface area contributed by atoms with Crippen molar-refractivity contribution in [2.75, 3.05) is 5.75 Å². The van der Waals surface area contributed by atoms with Crippen LogP contribution >= 0.6 is 0 Å². The minimum absolute atomic E-state index is 0.141. The van der Waals surface area contributed by atoms with Crippen LogP contribution in [0, 0.1) is 5.92 Å². The molecule has 3 nitrogen and oxygen atoms in total. The van der Waals surface area contributed by atoms with Crippen LogP contribution in [0.15, 0.2) is 0 Å². The smallest absolute Gasteiger partial charge is 0.211 e. The van der Waals surface area contributed by atoms with E-state index in [1.165, 1.54) is 12.8 Å². The molecule has 78 valence electrons. The van der Waals surface area contributed by atoms with E-state index >= 15 is 0 Å². The first-order valence-corrected chi connectivity index (χ1v) is 6.70. The fourth-order valence-corrected chi connectivity index (χ4v) is 2.91. The molecule has 1 N–H and O–H groups in total. The summed E-state index contributed by atoms with van der Waals surface area (Å²) in [5, 5.41) is 0. The first kappa shape index (κ1) is 11.0. The highest BCUT2D eigenvalue weighted by molar-refractivity contribution is 7.89. The quantitative estimate of drug-likeness (QED) is 0.714. The summed E-state index contributed by atoms with van der Waals surface area (Å²) < 4.78 is 25.6. The highest BCUT2D eigenvalue weighted by atomic mass is 32.2. The van der Waals surface area contributed by atoms with E-state index in [9.17, 15) is 8.42 Å². The maximum Gasteiger partial charge on any atom is 0.211 e. The average Bonchev–Trinajstić information content (AvgIpc) is 2.82. The van der Waals surface area contributed by atoms with Crippen LogP contribution in [0.4, 0.5) is 0 Å². The van der Waals surface area contributed by atoms with E-state index in [1.54, 1.807) is 0 Å². The maximum absolute atomic E-state index is 11.4. The fraction of sp³-hybridized carbons (Fsp3) is 1.00. The molecule has 1 saturated carbocycles. The van der Waals surface area contributed by atoms with Gasteiger partial charge in [0.05, 0.1) is 5.75 Å². The molecule has 1 atom stereocenters. The largest absolute Gasteiger partial charge is 0.212 e. The maximum atomic E-state index is 11.4. The summed E-state index contributed by atoms with van der Waals surface area (Å²) in [5.41, 5.74) is 0. The molecule has 0 amide bonds. The summed E-state index contributed by atoms with van der Waals surface area (Å²) in [5.74, 6) is 0.872. The summed E-state index contributed by atoms with van der Waals surface area (Å²) >= 11 is 0. The Morgan fingerprint density at radius 3 is 2.54 bits per heavy atom. The van der Waals surface area contributed by atoms with Crippen molar-refractivity contribution in [1.82, 2.24) is 4.72 Å². The van der Waals surface area contributed by atoms with E-state index in [0.717, 1.165) is 12.8 Å². The molecule has 0 unspecified atom stereocenters. The van der Waals surface area contributed by atoms with Gasteiger partial charge in [0.25, 0.3) is 0 Å². The van der Waals surface area contributed by atoms with E-state index < -0.39 is 10.0 Å². The molecule has 0 saturated heterocycles. The summed E-state index contributed by atoms with van der Waals surface area (Å²) in [6, 6.07) is 0.141. The number of rotatable bonds is 6. The van der Waals surface area contributed by atoms with E-state index in [1.807, 2.05) is 13.8 Å². The lowest BCUT2D eigenvalue weighted by Gasteiger charge is -2.12. The molecule has 0 aromatic carbocycles. The minimum atomic E-state index is -3.00. The molecule has 0 bridgehead atoms. The molecule has 13 heavy (non-hydrogen) atoms. The highest BCUT2D eigenvalue weighted by Crippen LogP contribution is 2.32. The summed E-state index contributed by atoms with van der Waals surface area (Å²) in [6.45, 7) is 3.96. The molecule has 1 rings (SSSR count). The van der Waals surface area contributed by atoms with Gasteiger partial charge < -0.3 is 0 Å². The summed E-state index contributed by atoms with van der Waals surface area (Å²) in [7, 11) is -3.00. The lowest BCUT2D eigenvalue weighted by Crippen LogP contribution is -2.35. The second-order valence-corrected chi connectivity index (χ2v) is 5.79. The van der Waals surface area contributed by atoms with Crippen molar-refractivity contribution in [3.8, 4) is 0 Å². The van der Waals surface area contributed by atoms with Gasteiger partial charge in [-0.1, -0.05) is 13.3 Å². The number of nitrogens with one attached hydrogen (secondary N) is 1. The van der Waals surface area contributed by atoms with Crippen LogP contribution in [0.2, 0.25) is 0 Å². The predicted molar refractivity (Wildman–Crippen MR) is 54.0 cm³/mol. The van der Waals surface area contributed by atoms with Crippen molar-refractivity contribution in [3.63, 3.8) is 0 Å². The van der Waals surface area contributed by atoms with Gasteiger partial charge in [-0.2, -0.15) is 0 Å². The van der Waals surface area contributed by atoms with Crippen molar-refractivity contribution in [3.05, 3.63) is 0 Å². The van der Waals surface area contributed by atoms with Gasteiger partial charge in [0, 0.05) is 6.04 Å². The molecule has 0 radical (unpaired) electrons. The molecular weight excluding hydrogens is 186 g/mol. The normalized spacial score (nSPS) is 20.2. The Morgan fingerprint density at radius 2 is 2.08 bits per heavy atom. The Bertz CT molecular complexity index is 244. The third-order valence-corrected chi connectivity index (χ3v) is 4.02. The van der Waals surface area contributed by atoms with E-state index in [4.69, 9.17) is 0 Å². The first-order chi connectivity index (χ1) is 6.05. The second-order valence-electron chi connectivity index (χ2n) is 3.92. The lowest BCUT2D eigenvalue weighted by atomic mass is 10.2. The van der Waals surface area contributed by atoms with Crippen molar-refractivity contribution < 1.29 is 8.42 Å². The van der Waals surface area contributed by atoms with Gasteiger partial charge >= 0.3 is 0 Å². The third kappa shape index (κ3) is 4.09. The Kier molecular flexibility index (Phi) is 3.74. The zero-order chi connectivity index (χ0) is 9.90. The highest BCUT2D eigenvalue weighted by Gasteiger charge is 2.30. The van der Waals surface area contributed by atoms with Crippen LogP contribution in [-0.4, -0.2) is 20.2 Å². The topological polar surface area (TPSA) is 46.2 Å². The number of sulfonamides is 1. The zero-order valence-corrected chi connectivity index (χ0v) is 9.23. The molecule has 0 aromatic heterocycles. The van der Waals surface area contributed by atoms with E-state index in [-0.39, 0.29) is 11.8 Å². The van der Waals surface area contributed by atoms with Crippen LogP contribution in [-0.2, 0) is 10.0 Å². The van der Waals surface area contributed by atoms with E-state index in [2.05, 4.69) is 4.72 Å². The predicted octanol–water partition coefficient (Wildman–Crippen LogP) is 1.50. The number of hydrogen-bond acceptors (Lipinski definition) is 2. The van der Waals surface area contributed by atoms with Crippen molar-refractivity contribution >= 4 is 10.0 Å². The van der Waals surface area contributed by atoms with Crippen LogP contribution in [0.5, 0.6) is 0 Å². The molecule has 1 fully saturated rings. The summed E-state index contributed by atoms with van der Waals surface area (Å²) in [4.78, 5) is 0. The molecule has 0 heterocycles.